The highest BCUT2D eigenvalue weighted by atomic mass is 15.3. The molecule has 21 heavy (non-hydrogen) atoms. The molecule has 1 fully saturated rings. The van der Waals surface area contributed by atoms with E-state index in [-0.39, 0.29) is 0 Å². The fourth-order valence-corrected chi connectivity index (χ4v) is 3.11. The molecule has 1 aliphatic heterocycles. The number of nitrogen functional groups attached to an aromatic ring is 1. The van der Waals surface area contributed by atoms with Crippen LogP contribution in [-0.2, 0) is 0 Å². The van der Waals surface area contributed by atoms with Crippen LogP contribution in [0.1, 0.15) is 17.9 Å². The van der Waals surface area contributed by atoms with Crippen molar-refractivity contribution in [1.29, 1.82) is 0 Å². The van der Waals surface area contributed by atoms with E-state index >= 15 is 0 Å². The minimum atomic E-state index is 0.587. The highest BCUT2D eigenvalue weighted by Crippen LogP contribution is 2.30. The Labute approximate surface area is 123 Å². The number of fused-ring (bicyclic) bond motifs is 1. The molecule has 1 aliphatic rings. The number of benzene rings is 2. The van der Waals surface area contributed by atoms with E-state index in [0.29, 0.717) is 5.92 Å². The molecule has 2 heterocycles. The van der Waals surface area contributed by atoms with Gasteiger partial charge in [-0.15, -0.1) is 0 Å². The predicted molar refractivity (Wildman–Crippen MR) is 86.5 cm³/mol. The maximum Gasteiger partial charge on any atom is 0.203 e. The fraction of sp³-hybridized carbons (Fsp3) is 0.235. The second kappa shape index (κ2) is 4.81. The first-order chi connectivity index (χ1) is 10.3. The van der Waals surface area contributed by atoms with E-state index in [1.54, 1.807) is 0 Å². The van der Waals surface area contributed by atoms with E-state index in [0.717, 1.165) is 35.8 Å². The monoisotopic (exact) mass is 278 g/mol. The largest absolute Gasteiger partial charge is 0.399 e. The molecule has 4 nitrogen and oxygen atoms in total. The Kier molecular flexibility index (Phi) is 2.81. The van der Waals surface area contributed by atoms with Gasteiger partial charge in [-0.25, -0.2) is 4.98 Å². The molecule has 1 aromatic heterocycles. The maximum absolute atomic E-state index is 5.82. The Hall–Kier alpha value is -2.49. The standard InChI is InChI=1S/C17H18N4/c18-14-6-7-15-16(10-14)20-17(19-15)21-9-8-13(11-21)12-4-2-1-3-5-12/h1-7,10,13H,8-9,11,18H2,(H,19,20). The van der Waals surface area contributed by atoms with Crippen LogP contribution in [0.4, 0.5) is 11.6 Å². The molecule has 0 radical (unpaired) electrons. The smallest absolute Gasteiger partial charge is 0.203 e. The van der Waals surface area contributed by atoms with Crippen molar-refractivity contribution in [1.82, 2.24) is 9.97 Å². The average Bonchev–Trinajstić information content (AvgIpc) is 3.14. The Morgan fingerprint density at radius 2 is 2.00 bits per heavy atom. The minimum absolute atomic E-state index is 0.587. The zero-order valence-corrected chi connectivity index (χ0v) is 11.8. The van der Waals surface area contributed by atoms with Crippen molar-refractivity contribution in [2.45, 2.75) is 12.3 Å². The van der Waals surface area contributed by atoms with E-state index in [2.05, 4.69) is 45.2 Å². The molecular weight excluding hydrogens is 260 g/mol. The number of imidazole rings is 1. The zero-order valence-electron chi connectivity index (χ0n) is 11.8. The summed E-state index contributed by atoms with van der Waals surface area (Å²) in [6.07, 6.45) is 1.17. The molecular formula is C17H18N4. The van der Waals surface area contributed by atoms with Crippen molar-refractivity contribution in [3.8, 4) is 0 Å². The van der Waals surface area contributed by atoms with Gasteiger partial charge in [-0.2, -0.15) is 0 Å². The van der Waals surface area contributed by atoms with Gasteiger partial charge in [0.05, 0.1) is 11.0 Å². The first-order valence-corrected chi connectivity index (χ1v) is 7.35. The SMILES string of the molecule is Nc1ccc2nc(N3CCC(c4ccccc4)C3)[nH]c2c1. The minimum Gasteiger partial charge on any atom is -0.399 e. The molecule has 0 bridgehead atoms. The lowest BCUT2D eigenvalue weighted by Gasteiger charge is -2.15. The zero-order chi connectivity index (χ0) is 14.2. The number of aromatic nitrogens is 2. The Bertz CT molecular complexity index is 763. The number of aromatic amines is 1. The second-order valence-electron chi connectivity index (χ2n) is 5.68. The lowest BCUT2D eigenvalue weighted by atomic mass is 9.99. The van der Waals surface area contributed by atoms with Crippen molar-refractivity contribution in [2.24, 2.45) is 0 Å². The van der Waals surface area contributed by atoms with Gasteiger partial charge in [0.15, 0.2) is 0 Å². The summed E-state index contributed by atoms with van der Waals surface area (Å²) in [6.45, 7) is 2.05. The summed E-state index contributed by atoms with van der Waals surface area (Å²) in [5.41, 5.74) is 9.99. The topological polar surface area (TPSA) is 57.9 Å². The third-order valence-electron chi connectivity index (χ3n) is 4.25. The Morgan fingerprint density at radius 1 is 1.14 bits per heavy atom. The summed E-state index contributed by atoms with van der Waals surface area (Å²) in [4.78, 5) is 10.4. The van der Waals surface area contributed by atoms with Gasteiger partial charge >= 0.3 is 0 Å². The number of H-pyrrole nitrogens is 1. The van der Waals surface area contributed by atoms with Crippen LogP contribution in [0.25, 0.3) is 11.0 Å². The summed E-state index contributed by atoms with van der Waals surface area (Å²) in [6, 6.07) is 16.5. The lowest BCUT2D eigenvalue weighted by Crippen LogP contribution is -2.20. The fourth-order valence-electron chi connectivity index (χ4n) is 3.11. The van der Waals surface area contributed by atoms with Crippen LogP contribution in [0.3, 0.4) is 0 Å². The molecule has 0 amide bonds. The van der Waals surface area contributed by atoms with Crippen molar-refractivity contribution >= 4 is 22.7 Å². The van der Waals surface area contributed by atoms with Gasteiger partial charge in [-0.1, -0.05) is 30.3 Å². The van der Waals surface area contributed by atoms with E-state index in [9.17, 15) is 0 Å². The molecule has 1 unspecified atom stereocenters. The number of hydrogen-bond acceptors (Lipinski definition) is 3. The molecule has 4 heteroatoms. The van der Waals surface area contributed by atoms with Crippen molar-refractivity contribution in [3.05, 3.63) is 54.1 Å². The van der Waals surface area contributed by atoms with Gasteiger partial charge in [0, 0.05) is 24.7 Å². The van der Waals surface area contributed by atoms with Crippen LogP contribution in [0.5, 0.6) is 0 Å². The number of hydrogen-bond donors (Lipinski definition) is 2. The van der Waals surface area contributed by atoms with Crippen molar-refractivity contribution in [3.63, 3.8) is 0 Å². The van der Waals surface area contributed by atoms with Crippen LogP contribution >= 0.6 is 0 Å². The number of nitrogens with zero attached hydrogens (tertiary/aromatic N) is 2. The van der Waals surface area contributed by atoms with Crippen molar-refractivity contribution < 1.29 is 0 Å². The third-order valence-corrected chi connectivity index (χ3v) is 4.25. The number of anilines is 2. The highest BCUT2D eigenvalue weighted by molar-refractivity contribution is 5.81. The molecule has 1 saturated heterocycles. The molecule has 106 valence electrons. The second-order valence-corrected chi connectivity index (χ2v) is 5.68. The Balaban J connectivity index is 1.59. The molecule has 2 aromatic carbocycles. The first kappa shape index (κ1) is 12.3. The summed E-state index contributed by atoms with van der Waals surface area (Å²) in [7, 11) is 0. The Morgan fingerprint density at radius 3 is 2.86 bits per heavy atom. The van der Waals surface area contributed by atoms with Gasteiger partial charge in [0.2, 0.25) is 5.95 Å². The molecule has 1 atom stereocenters. The van der Waals surface area contributed by atoms with E-state index < -0.39 is 0 Å². The molecule has 3 aromatic rings. The number of rotatable bonds is 2. The van der Waals surface area contributed by atoms with Crippen LogP contribution in [-0.4, -0.2) is 23.1 Å². The summed E-state index contributed by atoms with van der Waals surface area (Å²) >= 11 is 0. The van der Waals surface area contributed by atoms with Crippen LogP contribution in [0.2, 0.25) is 0 Å². The van der Waals surface area contributed by atoms with E-state index in [1.807, 2.05) is 18.2 Å². The number of nitrogens with two attached hydrogens (primary N) is 1. The third kappa shape index (κ3) is 2.23. The lowest BCUT2D eigenvalue weighted by molar-refractivity contribution is 0.773. The predicted octanol–water partition coefficient (Wildman–Crippen LogP) is 3.14. The van der Waals surface area contributed by atoms with Crippen LogP contribution in [0, 0.1) is 0 Å². The normalized spacial score (nSPS) is 18.5. The number of nitrogens with one attached hydrogen (secondary N) is 1. The van der Waals surface area contributed by atoms with Gasteiger partial charge in [0.25, 0.3) is 0 Å². The first-order valence-electron chi connectivity index (χ1n) is 7.35. The summed E-state index contributed by atoms with van der Waals surface area (Å²) < 4.78 is 0. The molecule has 0 spiro atoms. The maximum atomic E-state index is 5.82. The van der Waals surface area contributed by atoms with Gasteiger partial charge in [0.1, 0.15) is 0 Å². The summed E-state index contributed by atoms with van der Waals surface area (Å²) in [5, 5.41) is 0. The van der Waals surface area contributed by atoms with Gasteiger partial charge in [-0.05, 0) is 30.2 Å². The van der Waals surface area contributed by atoms with E-state index in [1.165, 1.54) is 12.0 Å². The average molecular weight is 278 g/mol. The molecule has 4 rings (SSSR count). The molecule has 3 N–H and O–H groups in total. The quantitative estimate of drug-likeness (QED) is 0.708. The van der Waals surface area contributed by atoms with Crippen molar-refractivity contribution in [2.75, 3.05) is 23.7 Å². The van der Waals surface area contributed by atoms with Gasteiger partial charge in [-0.3, -0.25) is 0 Å². The summed E-state index contributed by atoms with van der Waals surface area (Å²) in [5.74, 6) is 1.54. The van der Waals surface area contributed by atoms with Crippen LogP contribution in [0.15, 0.2) is 48.5 Å². The van der Waals surface area contributed by atoms with Gasteiger partial charge < -0.3 is 15.6 Å². The molecule has 0 saturated carbocycles. The molecule has 0 aliphatic carbocycles. The van der Waals surface area contributed by atoms with E-state index in [4.69, 9.17) is 5.73 Å². The highest BCUT2D eigenvalue weighted by Gasteiger charge is 2.25. The van der Waals surface area contributed by atoms with Crippen LogP contribution < -0.4 is 10.6 Å².